The molecule has 2 aliphatic carbocycles. The third-order valence-corrected chi connectivity index (χ3v) is 8.88. The zero-order valence-corrected chi connectivity index (χ0v) is 25.2. The van der Waals surface area contributed by atoms with Crippen molar-refractivity contribution in [3.8, 4) is 11.4 Å². The number of benzene rings is 1. The van der Waals surface area contributed by atoms with Gasteiger partial charge in [0.05, 0.1) is 0 Å². The van der Waals surface area contributed by atoms with E-state index >= 15 is 0 Å². The second kappa shape index (κ2) is 14.1. The first-order valence-electron chi connectivity index (χ1n) is 15.8. The standard InChI is InChI=1S/C33H46N6O3/c1-37(2)21-9-20-34-28(40)19-16-24-14-17-27(18-15-24)30-35-29-31(36-30)38(22-25-10-5-3-6-11-25)33(42)39(32(29)41)23-26-12-7-4-8-13-26/h14-19,25-26H,3-13,20-23H2,1-2H3,(H,34,40)(H,35,36)/b19-16+. The van der Waals surface area contributed by atoms with Gasteiger partial charge in [-0.3, -0.25) is 18.7 Å². The molecule has 0 atom stereocenters. The minimum Gasteiger partial charge on any atom is -0.353 e. The van der Waals surface area contributed by atoms with E-state index in [-0.39, 0.29) is 17.2 Å². The van der Waals surface area contributed by atoms with Gasteiger partial charge in [0.1, 0.15) is 11.3 Å². The number of aromatic amines is 1. The highest BCUT2D eigenvalue weighted by Crippen LogP contribution is 2.27. The van der Waals surface area contributed by atoms with Crippen molar-refractivity contribution >= 4 is 23.1 Å². The second-order valence-corrected chi connectivity index (χ2v) is 12.5. The fourth-order valence-electron chi connectivity index (χ4n) is 6.47. The van der Waals surface area contributed by atoms with Crippen LogP contribution in [0.1, 0.15) is 76.2 Å². The molecule has 9 nitrogen and oxygen atoms in total. The van der Waals surface area contributed by atoms with Crippen molar-refractivity contribution in [3.63, 3.8) is 0 Å². The summed E-state index contributed by atoms with van der Waals surface area (Å²) in [5.41, 5.74) is 2.10. The largest absolute Gasteiger partial charge is 0.353 e. The summed E-state index contributed by atoms with van der Waals surface area (Å²) in [5.74, 6) is 1.25. The van der Waals surface area contributed by atoms with E-state index < -0.39 is 0 Å². The Morgan fingerprint density at radius 1 is 0.952 bits per heavy atom. The van der Waals surface area contributed by atoms with Crippen LogP contribution in [-0.2, 0) is 17.9 Å². The van der Waals surface area contributed by atoms with Crippen molar-refractivity contribution in [1.29, 1.82) is 0 Å². The number of nitrogens with one attached hydrogen (secondary N) is 2. The van der Waals surface area contributed by atoms with Crippen molar-refractivity contribution in [2.24, 2.45) is 11.8 Å². The first-order chi connectivity index (χ1) is 20.4. The molecule has 42 heavy (non-hydrogen) atoms. The molecule has 0 unspecified atom stereocenters. The molecule has 2 N–H and O–H groups in total. The van der Waals surface area contributed by atoms with Crippen LogP contribution in [0.4, 0.5) is 0 Å². The normalized spacial score (nSPS) is 17.0. The van der Waals surface area contributed by atoms with Gasteiger partial charge in [-0.05, 0) is 76.2 Å². The Bertz CT molecular complexity index is 1480. The third kappa shape index (κ3) is 7.48. The lowest BCUT2D eigenvalue weighted by Crippen LogP contribution is -2.42. The van der Waals surface area contributed by atoms with Gasteiger partial charge < -0.3 is 15.2 Å². The number of carbonyl (C=O) groups is 1. The Morgan fingerprint density at radius 2 is 1.57 bits per heavy atom. The molecule has 3 aromatic rings. The van der Waals surface area contributed by atoms with E-state index in [9.17, 15) is 14.4 Å². The van der Waals surface area contributed by atoms with E-state index in [0.717, 1.165) is 49.8 Å². The number of imidazole rings is 1. The molecular formula is C33H46N6O3. The lowest BCUT2D eigenvalue weighted by atomic mass is 9.89. The molecule has 1 amide bonds. The lowest BCUT2D eigenvalue weighted by Gasteiger charge is -2.24. The summed E-state index contributed by atoms with van der Waals surface area (Å²) in [4.78, 5) is 49.8. The van der Waals surface area contributed by atoms with Crippen LogP contribution in [0, 0.1) is 11.8 Å². The molecule has 1 aromatic carbocycles. The van der Waals surface area contributed by atoms with Gasteiger partial charge in [-0.1, -0.05) is 62.8 Å². The van der Waals surface area contributed by atoms with Crippen molar-refractivity contribution in [2.45, 2.75) is 83.7 Å². The monoisotopic (exact) mass is 574 g/mol. The number of hydrogen-bond donors (Lipinski definition) is 2. The predicted octanol–water partition coefficient (Wildman–Crippen LogP) is 4.80. The zero-order valence-electron chi connectivity index (χ0n) is 25.2. The zero-order chi connectivity index (χ0) is 29.5. The molecule has 9 heteroatoms. The van der Waals surface area contributed by atoms with Gasteiger partial charge in [-0.25, -0.2) is 9.78 Å². The summed E-state index contributed by atoms with van der Waals surface area (Å²) in [6.45, 7) is 2.65. The number of aromatic nitrogens is 4. The van der Waals surface area contributed by atoms with Gasteiger partial charge in [0.25, 0.3) is 5.56 Å². The molecule has 0 spiro atoms. The Labute approximate surface area is 248 Å². The highest BCUT2D eigenvalue weighted by atomic mass is 16.2. The maximum atomic E-state index is 13.8. The number of amides is 1. The van der Waals surface area contributed by atoms with E-state index in [2.05, 4.69) is 15.2 Å². The number of nitrogens with zero attached hydrogens (tertiary/aromatic N) is 4. The van der Waals surface area contributed by atoms with E-state index in [1.165, 1.54) is 43.1 Å². The van der Waals surface area contributed by atoms with Crippen LogP contribution in [0.5, 0.6) is 0 Å². The van der Waals surface area contributed by atoms with E-state index in [4.69, 9.17) is 4.98 Å². The maximum absolute atomic E-state index is 13.8. The molecule has 0 saturated heterocycles. The number of fused-ring (bicyclic) bond motifs is 1. The Kier molecular flexibility index (Phi) is 10.1. The summed E-state index contributed by atoms with van der Waals surface area (Å²) in [6.07, 6.45) is 15.8. The fourth-order valence-corrected chi connectivity index (χ4v) is 6.47. The number of H-pyrrole nitrogens is 1. The van der Waals surface area contributed by atoms with Crippen LogP contribution in [0.3, 0.4) is 0 Å². The minimum absolute atomic E-state index is 0.115. The van der Waals surface area contributed by atoms with Crippen LogP contribution < -0.4 is 16.6 Å². The Hall–Kier alpha value is -3.46. The van der Waals surface area contributed by atoms with Crippen LogP contribution in [0.25, 0.3) is 28.6 Å². The van der Waals surface area contributed by atoms with E-state index in [1.807, 2.05) is 38.4 Å². The summed E-state index contributed by atoms with van der Waals surface area (Å²) < 4.78 is 3.24. The van der Waals surface area contributed by atoms with Gasteiger partial charge in [-0.15, -0.1) is 0 Å². The molecule has 0 radical (unpaired) electrons. The molecule has 2 heterocycles. The topological polar surface area (TPSA) is 105 Å². The van der Waals surface area contributed by atoms with Crippen LogP contribution in [0.15, 0.2) is 39.9 Å². The van der Waals surface area contributed by atoms with E-state index in [0.29, 0.717) is 48.5 Å². The third-order valence-electron chi connectivity index (χ3n) is 8.88. The van der Waals surface area contributed by atoms with Gasteiger partial charge in [-0.2, -0.15) is 0 Å². The van der Waals surface area contributed by atoms with E-state index in [1.54, 1.807) is 16.7 Å². The molecule has 0 bridgehead atoms. The summed E-state index contributed by atoms with van der Waals surface area (Å²) in [7, 11) is 4.03. The summed E-state index contributed by atoms with van der Waals surface area (Å²) >= 11 is 0. The van der Waals surface area contributed by atoms with Gasteiger partial charge in [0.2, 0.25) is 5.91 Å². The van der Waals surface area contributed by atoms with Crippen LogP contribution in [0.2, 0.25) is 0 Å². The molecule has 2 aliphatic rings. The average Bonchev–Trinajstić information content (AvgIpc) is 3.45. The molecule has 2 aromatic heterocycles. The maximum Gasteiger partial charge on any atom is 0.332 e. The Balaban J connectivity index is 1.39. The molecular weight excluding hydrogens is 528 g/mol. The van der Waals surface area contributed by atoms with Crippen molar-refractivity contribution in [3.05, 3.63) is 56.7 Å². The fraction of sp³-hybridized carbons (Fsp3) is 0.576. The first kappa shape index (κ1) is 30.0. The predicted molar refractivity (Wildman–Crippen MR) is 168 cm³/mol. The lowest BCUT2D eigenvalue weighted by molar-refractivity contribution is -0.116. The molecule has 5 rings (SSSR count). The summed E-state index contributed by atoms with van der Waals surface area (Å²) in [5, 5.41) is 2.91. The molecule has 2 saturated carbocycles. The molecule has 2 fully saturated rings. The van der Waals surface area contributed by atoms with Gasteiger partial charge >= 0.3 is 5.69 Å². The number of rotatable bonds is 11. The van der Waals surface area contributed by atoms with Gasteiger partial charge in [0.15, 0.2) is 5.65 Å². The second-order valence-electron chi connectivity index (χ2n) is 12.5. The average molecular weight is 575 g/mol. The highest BCUT2D eigenvalue weighted by Gasteiger charge is 2.24. The first-order valence-corrected chi connectivity index (χ1v) is 15.8. The van der Waals surface area contributed by atoms with Crippen molar-refractivity contribution < 1.29 is 4.79 Å². The van der Waals surface area contributed by atoms with Crippen LogP contribution in [-0.4, -0.2) is 57.1 Å². The van der Waals surface area contributed by atoms with Gasteiger partial charge in [0, 0.05) is 31.3 Å². The quantitative estimate of drug-likeness (QED) is 0.253. The Morgan fingerprint density at radius 3 is 2.19 bits per heavy atom. The van der Waals surface area contributed by atoms with Crippen molar-refractivity contribution in [1.82, 2.24) is 29.3 Å². The smallest absolute Gasteiger partial charge is 0.332 e. The minimum atomic E-state index is -0.268. The van der Waals surface area contributed by atoms with Crippen molar-refractivity contribution in [2.75, 3.05) is 27.2 Å². The number of hydrogen-bond acceptors (Lipinski definition) is 5. The molecule has 226 valence electrons. The van der Waals surface area contributed by atoms with Crippen LogP contribution >= 0.6 is 0 Å². The molecule has 0 aliphatic heterocycles. The number of carbonyl (C=O) groups excluding carboxylic acids is 1. The summed E-state index contributed by atoms with van der Waals surface area (Å²) in [6, 6.07) is 7.71. The highest BCUT2D eigenvalue weighted by molar-refractivity contribution is 5.91. The SMILES string of the molecule is CN(C)CCCNC(=O)/C=C/c1ccc(-c2nc3c([nH]2)c(=O)n(CC2CCCCC2)c(=O)n3CC2CCCCC2)cc1.